The molecule has 2 aromatic rings. The fraction of sp³-hybridized carbons (Fsp3) is 0.391. The van der Waals surface area contributed by atoms with E-state index in [0.717, 1.165) is 17.7 Å². The summed E-state index contributed by atoms with van der Waals surface area (Å²) in [5.74, 6) is -0.0212. The summed E-state index contributed by atoms with van der Waals surface area (Å²) >= 11 is 1.41. The molecule has 0 unspecified atom stereocenters. The first-order valence-electron chi connectivity index (χ1n) is 10.5. The second-order valence-corrected chi connectivity index (χ2v) is 10.3. The van der Waals surface area contributed by atoms with E-state index in [1.54, 1.807) is 17.9 Å². The van der Waals surface area contributed by atoms with Gasteiger partial charge in [0.1, 0.15) is 0 Å². The molecule has 3 rings (SSSR count). The van der Waals surface area contributed by atoms with Crippen LogP contribution in [0.25, 0.3) is 0 Å². The number of piperidine rings is 1. The van der Waals surface area contributed by atoms with E-state index in [4.69, 9.17) is 4.74 Å². The minimum atomic E-state index is -3.92. The highest BCUT2D eigenvalue weighted by molar-refractivity contribution is 7.98. The number of esters is 1. The second kappa shape index (κ2) is 10.4. The largest absolute Gasteiger partial charge is 0.462 e. The molecule has 172 valence electrons. The molecule has 0 bridgehead atoms. The number of benzene rings is 2. The standard InChI is InChI=1S/C23H28N2O5S2/c1-4-30-23(27)17-5-7-18(8-6-17)24-32(28,29)19-9-10-21(31-3)20(15-19)22(26)25-13-11-16(2)12-14-25/h5-10,15-16,24H,4,11-14H2,1-3H3. The first-order valence-corrected chi connectivity index (χ1v) is 13.2. The highest BCUT2D eigenvalue weighted by Crippen LogP contribution is 2.28. The molecule has 7 nitrogen and oxygen atoms in total. The minimum Gasteiger partial charge on any atom is -0.462 e. The Kier molecular flexibility index (Phi) is 7.84. The van der Waals surface area contributed by atoms with E-state index < -0.39 is 16.0 Å². The van der Waals surface area contributed by atoms with Crippen LogP contribution in [0.2, 0.25) is 0 Å². The number of nitrogens with zero attached hydrogens (tertiary/aromatic N) is 1. The summed E-state index contributed by atoms with van der Waals surface area (Å²) in [4.78, 5) is 27.5. The van der Waals surface area contributed by atoms with Gasteiger partial charge in [0.25, 0.3) is 15.9 Å². The first-order chi connectivity index (χ1) is 15.2. The van der Waals surface area contributed by atoms with E-state index in [1.165, 1.54) is 48.2 Å². The maximum Gasteiger partial charge on any atom is 0.338 e. The molecule has 2 aromatic carbocycles. The Morgan fingerprint density at radius 3 is 2.38 bits per heavy atom. The summed E-state index contributed by atoms with van der Waals surface area (Å²) in [7, 11) is -3.92. The van der Waals surface area contributed by atoms with Crippen molar-refractivity contribution >= 4 is 39.3 Å². The molecule has 32 heavy (non-hydrogen) atoms. The van der Waals surface area contributed by atoms with Gasteiger partial charge in [0.05, 0.1) is 22.6 Å². The topological polar surface area (TPSA) is 92.8 Å². The molecule has 1 N–H and O–H groups in total. The van der Waals surface area contributed by atoms with Gasteiger partial charge in [0.15, 0.2) is 0 Å². The average molecular weight is 477 g/mol. The normalized spacial score (nSPS) is 14.8. The van der Waals surface area contributed by atoms with E-state index in [-0.39, 0.29) is 17.4 Å². The van der Waals surface area contributed by atoms with Gasteiger partial charge in [0.2, 0.25) is 0 Å². The fourth-order valence-corrected chi connectivity index (χ4v) is 5.16. The molecule has 1 aliphatic rings. The van der Waals surface area contributed by atoms with Gasteiger partial charge >= 0.3 is 5.97 Å². The van der Waals surface area contributed by atoms with Crippen LogP contribution >= 0.6 is 11.8 Å². The molecule has 1 saturated heterocycles. The van der Waals surface area contributed by atoms with Gasteiger partial charge in [-0.15, -0.1) is 11.8 Å². The number of nitrogens with one attached hydrogen (secondary N) is 1. The number of thioether (sulfide) groups is 1. The zero-order valence-electron chi connectivity index (χ0n) is 18.5. The number of sulfonamides is 1. The van der Waals surface area contributed by atoms with Gasteiger partial charge in [-0.1, -0.05) is 6.92 Å². The predicted molar refractivity (Wildman–Crippen MR) is 126 cm³/mol. The lowest BCUT2D eigenvalue weighted by Gasteiger charge is -2.30. The van der Waals surface area contributed by atoms with Gasteiger partial charge in [0, 0.05) is 23.7 Å². The number of carbonyl (C=O) groups excluding carboxylic acids is 2. The maximum absolute atomic E-state index is 13.1. The van der Waals surface area contributed by atoms with Crippen molar-refractivity contribution in [1.29, 1.82) is 0 Å². The number of anilines is 1. The van der Waals surface area contributed by atoms with Crippen LogP contribution in [0.4, 0.5) is 5.69 Å². The lowest BCUT2D eigenvalue weighted by Crippen LogP contribution is -2.38. The molecule has 1 aliphatic heterocycles. The second-order valence-electron chi connectivity index (χ2n) is 7.74. The van der Waals surface area contributed by atoms with E-state index in [0.29, 0.717) is 35.8 Å². The zero-order valence-corrected chi connectivity index (χ0v) is 20.1. The Bertz CT molecular complexity index is 1080. The van der Waals surface area contributed by atoms with Crippen molar-refractivity contribution in [2.75, 3.05) is 30.7 Å². The van der Waals surface area contributed by atoms with Crippen LogP contribution < -0.4 is 4.72 Å². The third kappa shape index (κ3) is 5.63. The maximum atomic E-state index is 13.1. The van der Waals surface area contributed by atoms with Crippen molar-refractivity contribution in [3.05, 3.63) is 53.6 Å². The quantitative estimate of drug-likeness (QED) is 0.474. The lowest BCUT2D eigenvalue weighted by molar-refractivity contribution is 0.0526. The Morgan fingerprint density at radius 1 is 1.12 bits per heavy atom. The van der Waals surface area contributed by atoms with Crippen molar-refractivity contribution in [1.82, 2.24) is 4.90 Å². The first kappa shape index (κ1) is 24.1. The van der Waals surface area contributed by atoms with Gasteiger partial charge in [-0.25, -0.2) is 13.2 Å². The molecule has 9 heteroatoms. The molecule has 0 aromatic heterocycles. The van der Waals surface area contributed by atoms with Gasteiger partial charge < -0.3 is 9.64 Å². The molecule has 1 amide bonds. The summed E-state index contributed by atoms with van der Waals surface area (Å²) < 4.78 is 33.4. The summed E-state index contributed by atoms with van der Waals surface area (Å²) in [6, 6.07) is 10.6. The predicted octanol–water partition coefficient (Wildman–Crippen LogP) is 4.26. The Hall–Kier alpha value is -2.52. The van der Waals surface area contributed by atoms with Crippen molar-refractivity contribution < 1.29 is 22.7 Å². The number of ether oxygens (including phenoxy) is 1. The Balaban J connectivity index is 1.82. The third-order valence-corrected chi connectivity index (χ3v) is 7.61. The number of likely N-dealkylation sites (tertiary alicyclic amines) is 1. The molecule has 0 saturated carbocycles. The van der Waals surface area contributed by atoms with E-state index in [1.807, 2.05) is 6.26 Å². The van der Waals surface area contributed by atoms with Crippen molar-refractivity contribution in [3.8, 4) is 0 Å². The van der Waals surface area contributed by atoms with E-state index >= 15 is 0 Å². The zero-order chi connectivity index (χ0) is 23.3. The SMILES string of the molecule is CCOC(=O)c1ccc(NS(=O)(=O)c2ccc(SC)c(C(=O)N3CCC(C)CC3)c2)cc1. The summed E-state index contributed by atoms with van der Waals surface area (Å²) in [6.45, 7) is 5.50. The minimum absolute atomic E-state index is 0.0125. The van der Waals surface area contributed by atoms with Gasteiger partial charge in [-0.3, -0.25) is 9.52 Å². The lowest BCUT2D eigenvalue weighted by atomic mass is 9.98. The van der Waals surface area contributed by atoms with Crippen LogP contribution in [0.15, 0.2) is 52.3 Å². The molecule has 0 aliphatic carbocycles. The van der Waals surface area contributed by atoms with Crippen molar-refractivity contribution in [2.45, 2.75) is 36.5 Å². The highest BCUT2D eigenvalue weighted by atomic mass is 32.2. The highest BCUT2D eigenvalue weighted by Gasteiger charge is 2.25. The van der Waals surface area contributed by atoms with Crippen LogP contribution in [-0.2, 0) is 14.8 Å². The van der Waals surface area contributed by atoms with Crippen molar-refractivity contribution in [2.24, 2.45) is 5.92 Å². The summed E-state index contributed by atoms with van der Waals surface area (Å²) in [5, 5.41) is 0. The van der Waals surface area contributed by atoms with Crippen LogP contribution in [0, 0.1) is 5.92 Å². The molecular formula is C23H28N2O5S2. The fourth-order valence-electron chi connectivity index (χ4n) is 3.51. The third-order valence-electron chi connectivity index (χ3n) is 5.43. The number of carbonyl (C=O) groups is 2. The van der Waals surface area contributed by atoms with Gasteiger partial charge in [-0.2, -0.15) is 0 Å². The molecular weight excluding hydrogens is 448 g/mol. The number of amides is 1. The molecule has 0 radical (unpaired) electrons. The smallest absolute Gasteiger partial charge is 0.338 e. The molecule has 1 heterocycles. The number of hydrogen-bond donors (Lipinski definition) is 1. The van der Waals surface area contributed by atoms with Crippen LogP contribution in [0.3, 0.4) is 0 Å². The molecule has 0 atom stereocenters. The molecule has 0 spiro atoms. The Labute approximate surface area is 193 Å². The average Bonchev–Trinajstić information content (AvgIpc) is 2.79. The Morgan fingerprint density at radius 2 is 1.78 bits per heavy atom. The van der Waals surface area contributed by atoms with Crippen molar-refractivity contribution in [3.63, 3.8) is 0 Å². The van der Waals surface area contributed by atoms with E-state index in [9.17, 15) is 18.0 Å². The number of hydrogen-bond acceptors (Lipinski definition) is 6. The van der Waals surface area contributed by atoms with Gasteiger partial charge in [-0.05, 0) is 74.4 Å². The number of rotatable bonds is 7. The summed E-state index contributed by atoms with van der Waals surface area (Å²) in [6.07, 6.45) is 3.76. The van der Waals surface area contributed by atoms with Crippen LogP contribution in [0.1, 0.15) is 47.4 Å². The van der Waals surface area contributed by atoms with E-state index in [2.05, 4.69) is 11.6 Å². The molecule has 1 fully saturated rings. The summed E-state index contributed by atoms with van der Waals surface area (Å²) in [5.41, 5.74) is 1.04. The van der Waals surface area contributed by atoms with Crippen LogP contribution in [-0.4, -0.2) is 51.1 Å². The monoisotopic (exact) mass is 476 g/mol. The van der Waals surface area contributed by atoms with Crippen LogP contribution in [0.5, 0.6) is 0 Å².